The van der Waals surface area contributed by atoms with Gasteiger partial charge in [-0.3, -0.25) is 9.78 Å². The Morgan fingerprint density at radius 1 is 1.26 bits per heavy atom. The van der Waals surface area contributed by atoms with Crippen molar-refractivity contribution in [2.24, 2.45) is 0 Å². The van der Waals surface area contributed by atoms with Crippen molar-refractivity contribution in [3.05, 3.63) is 46.7 Å². The summed E-state index contributed by atoms with van der Waals surface area (Å²) in [6, 6.07) is 7.31. The number of hydrogen-bond donors (Lipinski definition) is 1. The summed E-state index contributed by atoms with van der Waals surface area (Å²) in [6.07, 6.45) is 1.65. The number of halogens is 1. The second kappa shape index (κ2) is 8.59. The summed E-state index contributed by atoms with van der Waals surface area (Å²) in [5, 5.41) is 3.95. The molecule has 2 heterocycles. The number of aryl methyl sites for hydroxylation is 1. The summed E-state index contributed by atoms with van der Waals surface area (Å²) < 4.78 is 5.40. The van der Waals surface area contributed by atoms with Crippen LogP contribution in [0.5, 0.6) is 5.75 Å². The highest BCUT2D eigenvalue weighted by Gasteiger charge is 2.22. The van der Waals surface area contributed by atoms with Gasteiger partial charge in [-0.15, -0.1) is 0 Å². The first kappa shape index (κ1) is 19.5. The van der Waals surface area contributed by atoms with Gasteiger partial charge in [0.1, 0.15) is 11.4 Å². The van der Waals surface area contributed by atoms with E-state index in [-0.39, 0.29) is 5.91 Å². The SMILES string of the molecule is CCN1CCN(C(=O)c2cc(Nc3cc(C)c(Cl)cc3OC)ccn2)CC1. The van der Waals surface area contributed by atoms with Gasteiger partial charge in [0.25, 0.3) is 5.91 Å². The summed E-state index contributed by atoms with van der Waals surface area (Å²) >= 11 is 6.17. The van der Waals surface area contributed by atoms with Crippen LogP contribution in [0.3, 0.4) is 0 Å². The quantitative estimate of drug-likeness (QED) is 0.848. The average molecular weight is 389 g/mol. The number of carbonyl (C=O) groups is 1. The number of benzene rings is 1. The third kappa shape index (κ3) is 4.51. The number of aromatic nitrogens is 1. The van der Waals surface area contributed by atoms with E-state index in [4.69, 9.17) is 16.3 Å². The number of anilines is 2. The Labute approximate surface area is 165 Å². The Bertz CT molecular complexity index is 820. The fraction of sp³-hybridized carbons (Fsp3) is 0.400. The molecule has 1 aliphatic rings. The van der Waals surface area contributed by atoms with Crippen molar-refractivity contribution in [1.29, 1.82) is 0 Å². The molecular weight excluding hydrogens is 364 g/mol. The highest BCUT2D eigenvalue weighted by molar-refractivity contribution is 6.31. The molecule has 0 aliphatic carbocycles. The number of likely N-dealkylation sites (N-methyl/N-ethyl adjacent to an activating group) is 1. The normalized spacial score (nSPS) is 14.9. The lowest BCUT2D eigenvalue weighted by Crippen LogP contribution is -2.48. The minimum absolute atomic E-state index is 0.0337. The van der Waals surface area contributed by atoms with Crippen LogP contribution in [-0.2, 0) is 0 Å². The molecule has 0 saturated carbocycles. The summed E-state index contributed by atoms with van der Waals surface area (Å²) in [5.74, 6) is 0.611. The molecule has 1 aromatic heterocycles. The third-order valence-corrected chi connectivity index (χ3v) is 5.25. The molecule has 27 heavy (non-hydrogen) atoms. The van der Waals surface area contributed by atoms with E-state index in [1.54, 1.807) is 25.4 Å². The van der Waals surface area contributed by atoms with Crippen LogP contribution in [0, 0.1) is 6.92 Å². The fourth-order valence-corrected chi connectivity index (χ4v) is 3.29. The Morgan fingerprint density at radius 2 is 2.00 bits per heavy atom. The predicted octanol–water partition coefficient (Wildman–Crippen LogP) is 3.57. The maximum atomic E-state index is 12.8. The maximum absolute atomic E-state index is 12.8. The van der Waals surface area contributed by atoms with Crippen LogP contribution < -0.4 is 10.1 Å². The lowest BCUT2D eigenvalue weighted by molar-refractivity contribution is 0.0637. The van der Waals surface area contributed by atoms with E-state index >= 15 is 0 Å². The van der Waals surface area contributed by atoms with Crippen LogP contribution >= 0.6 is 11.6 Å². The van der Waals surface area contributed by atoms with E-state index in [2.05, 4.69) is 22.1 Å². The van der Waals surface area contributed by atoms with Gasteiger partial charge in [-0.05, 0) is 37.2 Å². The van der Waals surface area contributed by atoms with Gasteiger partial charge in [0.2, 0.25) is 0 Å². The van der Waals surface area contributed by atoms with Gasteiger partial charge in [-0.2, -0.15) is 0 Å². The first-order valence-electron chi connectivity index (χ1n) is 9.10. The number of methoxy groups -OCH3 is 1. The number of ether oxygens (including phenoxy) is 1. The summed E-state index contributed by atoms with van der Waals surface area (Å²) in [6.45, 7) is 8.36. The Balaban J connectivity index is 1.76. The maximum Gasteiger partial charge on any atom is 0.272 e. The van der Waals surface area contributed by atoms with E-state index in [1.165, 1.54) is 0 Å². The number of nitrogens with one attached hydrogen (secondary N) is 1. The largest absolute Gasteiger partial charge is 0.495 e. The minimum Gasteiger partial charge on any atom is -0.495 e. The van der Waals surface area contributed by atoms with E-state index < -0.39 is 0 Å². The van der Waals surface area contributed by atoms with E-state index in [0.717, 1.165) is 49.7 Å². The van der Waals surface area contributed by atoms with Gasteiger partial charge >= 0.3 is 0 Å². The predicted molar refractivity (Wildman–Crippen MR) is 108 cm³/mol. The number of rotatable bonds is 5. The van der Waals surface area contributed by atoms with Crippen molar-refractivity contribution < 1.29 is 9.53 Å². The minimum atomic E-state index is -0.0337. The molecule has 144 valence electrons. The molecule has 1 fully saturated rings. The number of hydrogen-bond acceptors (Lipinski definition) is 5. The summed E-state index contributed by atoms with van der Waals surface area (Å²) in [5.41, 5.74) is 2.95. The molecular formula is C20H25ClN4O2. The smallest absolute Gasteiger partial charge is 0.272 e. The van der Waals surface area contributed by atoms with Crippen LogP contribution in [0.2, 0.25) is 5.02 Å². The fourth-order valence-electron chi connectivity index (χ4n) is 3.14. The second-order valence-corrected chi connectivity index (χ2v) is 6.99. The first-order valence-corrected chi connectivity index (χ1v) is 9.48. The Hall–Kier alpha value is -2.31. The molecule has 0 radical (unpaired) electrons. The van der Waals surface area contributed by atoms with Gasteiger partial charge in [-0.1, -0.05) is 18.5 Å². The van der Waals surface area contributed by atoms with E-state index in [0.29, 0.717) is 16.5 Å². The van der Waals surface area contributed by atoms with Gasteiger partial charge in [0, 0.05) is 49.2 Å². The molecule has 1 aromatic carbocycles. The second-order valence-electron chi connectivity index (χ2n) is 6.58. The van der Waals surface area contributed by atoms with Crippen LogP contribution in [0.4, 0.5) is 11.4 Å². The van der Waals surface area contributed by atoms with Gasteiger partial charge in [0.05, 0.1) is 12.8 Å². The highest BCUT2D eigenvalue weighted by atomic mass is 35.5. The van der Waals surface area contributed by atoms with E-state index in [9.17, 15) is 4.79 Å². The molecule has 0 atom stereocenters. The van der Waals surface area contributed by atoms with Crippen LogP contribution in [0.25, 0.3) is 0 Å². The van der Waals surface area contributed by atoms with Gasteiger partial charge in [0.15, 0.2) is 0 Å². The van der Waals surface area contributed by atoms with Crippen molar-refractivity contribution in [3.8, 4) is 5.75 Å². The van der Waals surface area contributed by atoms with Gasteiger partial charge < -0.3 is 19.9 Å². The molecule has 1 N–H and O–H groups in total. The molecule has 0 unspecified atom stereocenters. The summed E-state index contributed by atoms with van der Waals surface area (Å²) in [4.78, 5) is 21.3. The molecule has 1 aliphatic heterocycles. The number of nitrogens with zero attached hydrogens (tertiary/aromatic N) is 3. The van der Waals surface area contributed by atoms with Crippen molar-refractivity contribution in [1.82, 2.24) is 14.8 Å². The number of piperazine rings is 1. The average Bonchev–Trinajstić information content (AvgIpc) is 2.70. The molecule has 7 heteroatoms. The first-order chi connectivity index (χ1) is 13.0. The molecule has 0 bridgehead atoms. The van der Waals surface area contributed by atoms with Crippen molar-refractivity contribution in [2.75, 3.05) is 45.2 Å². The molecule has 3 rings (SSSR count). The molecule has 0 spiro atoms. The molecule has 1 amide bonds. The van der Waals surface area contributed by atoms with Crippen LogP contribution in [-0.4, -0.2) is 60.5 Å². The zero-order chi connectivity index (χ0) is 19.4. The summed E-state index contributed by atoms with van der Waals surface area (Å²) in [7, 11) is 1.60. The molecule has 2 aromatic rings. The molecule has 6 nitrogen and oxygen atoms in total. The zero-order valence-corrected chi connectivity index (χ0v) is 16.7. The van der Waals surface area contributed by atoms with Crippen molar-refractivity contribution in [3.63, 3.8) is 0 Å². The highest BCUT2D eigenvalue weighted by Crippen LogP contribution is 2.33. The van der Waals surface area contributed by atoms with Crippen LogP contribution in [0.15, 0.2) is 30.5 Å². The third-order valence-electron chi connectivity index (χ3n) is 4.85. The zero-order valence-electron chi connectivity index (χ0n) is 16.0. The Morgan fingerprint density at radius 3 is 2.67 bits per heavy atom. The molecule has 1 saturated heterocycles. The topological polar surface area (TPSA) is 57.7 Å². The van der Waals surface area contributed by atoms with Crippen LogP contribution in [0.1, 0.15) is 23.0 Å². The number of amides is 1. The lowest BCUT2D eigenvalue weighted by atomic mass is 10.2. The van der Waals surface area contributed by atoms with Crippen molar-refractivity contribution >= 4 is 28.9 Å². The lowest BCUT2D eigenvalue weighted by Gasteiger charge is -2.33. The Kier molecular flexibility index (Phi) is 6.19. The monoisotopic (exact) mass is 388 g/mol. The number of carbonyl (C=O) groups excluding carboxylic acids is 1. The standard InChI is InChI=1S/C20H25ClN4O2/c1-4-24-7-9-25(10-8-24)20(26)18-12-15(5-6-22-18)23-17-11-14(2)16(21)13-19(17)27-3/h5-6,11-13H,4,7-10H2,1-3H3,(H,22,23). The van der Waals surface area contributed by atoms with E-state index in [1.807, 2.05) is 24.0 Å². The van der Waals surface area contributed by atoms with Crippen molar-refractivity contribution in [2.45, 2.75) is 13.8 Å². The van der Waals surface area contributed by atoms with Gasteiger partial charge in [-0.25, -0.2) is 0 Å². The number of pyridine rings is 1.